The normalized spacial score (nSPS) is 12.0. The van der Waals surface area contributed by atoms with Crippen LogP contribution in [-0.4, -0.2) is 50.5 Å². The van der Waals surface area contributed by atoms with Crippen LogP contribution in [0.25, 0.3) is 0 Å². The fourth-order valence-corrected chi connectivity index (χ4v) is 5.81. The first-order valence-electron chi connectivity index (χ1n) is 12.9. The third-order valence-corrected chi connectivity index (χ3v) is 8.97. The van der Waals surface area contributed by atoms with Crippen LogP contribution < -0.4 is 9.62 Å². The van der Waals surface area contributed by atoms with Crippen LogP contribution in [-0.2, 0) is 26.2 Å². The van der Waals surface area contributed by atoms with Gasteiger partial charge in [0.15, 0.2) is 0 Å². The molecule has 0 heterocycles. The highest BCUT2D eigenvalue weighted by Gasteiger charge is 2.32. The number of sulfonamides is 1. The van der Waals surface area contributed by atoms with Crippen LogP contribution in [0.15, 0.2) is 82.6 Å². The number of aryl methyl sites for hydroxylation is 2. The predicted octanol–water partition coefficient (Wildman–Crippen LogP) is 5.16. The smallest absolute Gasteiger partial charge is 0.264 e. The second kappa shape index (κ2) is 13.7. The average molecular weight is 568 g/mol. The summed E-state index contributed by atoms with van der Waals surface area (Å²) in [6, 6.07) is 20.5. The van der Waals surface area contributed by atoms with Crippen LogP contribution in [0.2, 0.25) is 0 Å². The molecule has 39 heavy (non-hydrogen) atoms. The number of carbonyl (C=O) groups is 2. The van der Waals surface area contributed by atoms with E-state index < -0.39 is 28.5 Å². The highest BCUT2D eigenvalue weighted by atomic mass is 32.2. The monoisotopic (exact) mass is 567 g/mol. The molecular weight excluding hydrogens is 530 g/mol. The van der Waals surface area contributed by atoms with Crippen LogP contribution in [0.5, 0.6) is 0 Å². The van der Waals surface area contributed by atoms with Crippen molar-refractivity contribution in [3.63, 3.8) is 0 Å². The standard InChI is InChI=1S/C30H37N3O4S2/c1-6-19-31-30(35)24(4)32(20-25-11-7-22(2)8-12-25)29(34)21-33(26-13-9-23(3)10-14-26)39(36,37)28-17-15-27(38-5)16-18-28/h7-18,24H,6,19-21H2,1-5H3,(H,31,35)/t24-/m1/s1. The van der Waals surface area contributed by atoms with E-state index in [1.165, 1.54) is 16.7 Å². The molecule has 1 N–H and O–H groups in total. The average Bonchev–Trinajstić information content (AvgIpc) is 2.94. The summed E-state index contributed by atoms with van der Waals surface area (Å²) in [5.41, 5.74) is 3.27. The second-order valence-electron chi connectivity index (χ2n) is 9.50. The minimum Gasteiger partial charge on any atom is -0.354 e. The van der Waals surface area contributed by atoms with Crippen LogP contribution in [0.1, 0.15) is 37.0 Å². The Morgan fingerprint density at radius 2 is 1.46 bits per heavy atom. The Bertz CT molecular complexity index is 1360. The number of rotatable bonds is 12. The second-order valence-corrected chi connectivity index (χ2v) is 12.2. The van der Waals surface area contributed by atoms with Crippen molar-refractivity contribution in [2.45, 2.75) is 56.5 Å². The van der Waals surface area contributed by atoms with Gasteiger partial charge < -0.3 is 10.2 Å². The van der Waals surface area contributed by atoms with Crippen molar-refractivity contribution in [3.05, 3.63) is 89.5 Å². The summed E-state index contributed by atoms with van der Waals surface area (Å²) in [6.45, 7) is 7.72. The van der Waals surface area contributed by atoms with E-state index in [-0.39, 0.29) is 17.3 Å². The lowest BCUT2D eigenvalue weighted by Crippen LogP contribution is -2.51. The number of nitrogens with zero attached hydrogens (tertiary/aromatic N) is 2. The number of thioether (sulfide) groups is 1. The SMILES string of the molecule is CCCNC(=O)[C@@H](C)N(Cc1ccc(C)cc1)C(=O)CN(c1ccc(C)cc1)S(=O)(=O)c1ccc(SC)cc1. The predicted molar refractivity (Wildman–Crippen MR) is 158 cm³/mol. The molecule has 7 nitrogen and oxygen atoms in total. The molecule has 0 aromatic heterocycles. The van der Waals surface area contributed by atoms with Crippen LogP contribution >= 0.6 is 11.8 Å². The minimum absolute atomic E-state index is 0.0903. The van der Waals surface area contributed by atoms with E-state index >= 15 is 0 Å². The van der Waals surface area contributed by atoms with E-state index in [4.69, 9.17) is 0 Å². The molecule has 0 saturated carbocycles. The summed E-state index contributed by atoms with van der Waals surface area (Å²) in [6.07, 6.45) is 2.68. The van der Waals surface area contributed by atoms with Crippen molar-refractivity contribution >= 4 is 39.3 Å². The molecule has 1 atom stereocenters. The minimum atomic E-state index is -4.08. The van der Waals surface area contributed by atoms with Crippen LogP contribution in [0.3, 0.4) is 0 Å². The third kappa shape index (κ3) is 7.86. The Kier molecular flexibility index (Phi) is 10.6. The summed E-state index contributed by atoms with van der Waals surface area (Å²) in [5.74, 6) is -0.755. The molecule has 0 spiro atoms. The van der Waals surface area contributed by atoms with Crippen LogP contribution in [0.4, 0.5) is 5.69 Å². The lowest BCUT2D eigenvalue weighted by molar-refractivity contribution is -0.139. The molecule has 9 heteroatoms. The topological polar surface area (TPSA) is 86.8 Å². The van der Waals surface area contributed by atoms with Gasteiger partial charge in [-0.3, -0.25) is 13.9 Å². The Morgan fingerprint density at radius 1 is 0.897 bits per heavy atom. The maximum Gasteiger partial charge on any atom is 0.264 e. The lowest BCUT2D eigenvalue weighted by Gasteiger charge is -2.32. The van der Waals surface area contributed by atoms with Gasteiger partial charge >= 0.3 is 0 Å². The molecule has 0 aliphatic carbocycles. The molecule has 0 aliphatic heterocycles. The van der Waals surface area contributed by atoms with Crippen molar-refractivity contribution in [1.29, 1.82) is 0 Å². The van der Waals surface area contributed by atoms with Gasteiger partial charge in [-0.05, 0) is 75.4 Å². The highest BCUT2D eigenvalue weighted by Crippen LogP contribution is 2.26. The molecule has 3 aromatic rings. The van der Waals surface area contributed by atoms with Gasteiger partial charge in [-0.25, -0.2) is 8.42 Å². The van der Waals surface area contributed by atoms with Gasteiger partial charge in [0.2, 0.25) is 11.8 Å². The zero-order chi connectivity index (χ0) is 28.6. The molecule has 0 radical (unpaired) electrons. The van der Waals surface area contributed by atoms with Crippen molar-refractivity contribution in [1.82, 2.24) is 10.2 Å². The highest BCUT2D eigenvalue weighted by molar-refractivity contribution is 7.98. The van der Waals surface area contributed by atoms with Crippen molar-refractivity contribution in [2.75, 3.05) is 23.7 Å². The largest absolute Gasteiger partial charge is 0.354 e. The van der Waals surface area contributed by atoms with E-state index in [1.54, 1.807) is 43.3 Å². The Balaban J connectivity index is 2.00. The van der Waals surface area contributed by atoms with Gasteiger partial charge in [0, 0.05) is 18.0 Å². The van der Waals surface area contributed by atoms with Crippen molar-refractivity contribution in [3.8, 4) is 0 Å². The Labute approximate surface area is 236 Å². The van der Waals surface area contributed by atoms with E-state index in [2.05, 4.69) is 5.32 Å². The number of hydrogen-bond acceptors (Lipinski definition) is 5. The summed E-state index contributed by atoms with van der Waals surface area (Å²) in [7, 11) is -4.08. The van der Waals surface area contributed by atoms with Gasteiger partial charge in [0.25, 0.3) is 10.0 Å². The number of amides is 2. The number of carbonyl (C=O) groups excluding carboxylic acids is 2. The summed E-state index contributed by atoms with van der Waals surface area (Å²) in [4.78, 5) is 29.3. The third-order valence-electron chi connectivity index (χ3n) is 6.44. The Hall–Kier alpha value is -3.30. The summed E-state index contributed by atoms with van der Waals surface area (Å²) >= 11 is 1.52. The van der Waals surface area contributed by atoms with E-state index in [0.29, 0.717) is 12.2 Å². The molecule has 208 valence electrons. The number of benzene rings is 3. The molecule has 0 bridgehead atoms. The molecule has 0 fully saturated rings. The first kappa shape index (κ1) is 30.2. The van der Waals surface area contributed by atoms with Crippen molar-refractivity contribution < 1.29 is 18.0 Å². The first-order chi connectivity index (χ1) is 18.6. The molecular formula is C30H37N3O4S2. The zero-order valence-corrected chi connectivity index (χ0v) is 24.8. The molecule has 3 rings (SSSR count). The number of anilines is 1. The quantitative estimate of drug-likeness (QED) is 0.306. The zero-order valence-electron chi connectivity index (χ0n) is 23.2. The summed E-state index contributed by atoms with van der Waals surface area (Å²) < 4.78 is 28.9. The fourth-order valence-electron chi connectivity index (χ4n) is 3.98. The first-order valence-corrected chi connectivity index (χ1v) is 15.6. The van der Waals surface area contributed by atoms with E-state index in [1.807, 2.05) is 63.4 Å². The number of nitrogens with one attached hydrogen (secondary N) is 1. The van der Waals surface area contributed by atoms with Gasteiger partial charge in [0.1, 0.15) is 12.6 Å². The molecule has 0 saturated heterocycles. The lowest BCUT2D eigenvalue weighted by atomic mass is 10.1. The molecule has 2 amide bonds. The van der Waals surface area contributed by atoms with Crippen LogP contribution in [0, 0.1) is 13.8 Å². The molecule has 0 aliphatic rings. The van der Waals surface area contributed by atoms with E-state index in [9.17, 15) is 18.0 Å². The fraction of sp³-hybridized carbons (Fsp3) is 0.333. The van der Waals surface area contributed by atoms with Crippen molar-refractivity contribution in [2.24, 2.45) is 0 Å². The maximum atomic E-state index is 13.9. The summed E-state index contributed by atoms with van der Waals surface area (Å²) in [5, 5.41) is 2.85. The molecule has 0 unspecified atom stereocenters. The maximum absolute atomic E-state index is 13.9. The van der Waals surface area contributed by atoms with Gasteiger partial charge in [-0.1, -0.05) is 54.4 Å². The Morgan fingerprint density at radius 3 is 2.00 bits per heavy atom. The number of hydrogen-bond donors (Lipinski definition) is 1. The van der Waals surface area contributed by atoms with Gasteiger partial charge in [-0.2, -0.15) is 0 Å². The van der Waals surface area contributed by atoms with Gasteiger partial charge in [0.05, 0.1) is 10.6 Å². The molecule has 3 aromatic carbocycles. The van der Waals surface area contributed by atoms with E-state index in [0.717, 1.165) is 32.3 Å². The van der Waals surface area contributed by atoms with Gasteiger partial charge in [-0.15, -0.1) is 11.8 Å².